The molecule has 0 amide bonds. The van der Waals surface area contributed by atoms with Gasteiger partial charge in [0.05, 0.1) is 13.1 Å². The van der Waals surface area contributed by atoms with E-state index in [2.05, 4.69) is 15.6 Å². The van der Waals surface area contributed by atoms with E-state index in [1.54, 1.807) is 0 Å². The van der Waals surface area contributed by atoms with Crippen molar-refractivity contribution in [3.63, 3.8) is 0 Å². The van der Waals surface area contributed by atoms with Crippen molar-refractivity contribution in [1.82, 2.24) is 10.6 Å². The summed E-state index contributed by atoms with van der Waals surface area (Å²) >= 11 is 0. The highest BCUT2D eigenvalue weighted by atomic mass is 127. The van der Waals surface area contributed by atoms with Crippen LogP contribution in [0.2, 0.25) is 0 Å². The maximum absolute atomic E-state index is 12.1. The highest BCUT2D eigenvalue weighted by Gasteiger charge is 2.10. The highest BCUT2D eigenvalue weighted by Crippen LogP contribution is 2.24. The van der Waals surface area contributed by atoms with Crippen LogP contribution in [0.25, 0.3) is 11.0 Å². The number of para-hydroxylation sites is 1. The summed E-state index contributed by atoms with van der Waals surface area (Å²) in [6, 6.07) is 7.74. The predicted molar refractivity (Wildman–Crippen MR) is 90.6 cm³/mol. The molecule has 0 fully saturated rings. The zero-order valence-electron chi connectivity index (χ0n) is 11.8. The molecule has 2 aromatic rings. The summed E-state index contributed by atoms with van der Waals surface area (Å²) in [6.45, 7) is 1.93. The second-order valence-electron chi connectivity index (χ2n) is 4.34. The highest BCUT2D eigenvalue weighted by molar-refractivity contribution is 14.0. The number of alkyl halides is 2. The second kappa shape index (κ2) is 8.16. The number of hydrogen-bond donors (Lipinski definition) is 2. The van der Waals surface area contributed by atoms with E-state index in [1.165, 1.54) is 7.05 Å². The number of nitrogens with one attached hydrogen (secondary N) is 2. The Kier molecular flexibility index (Phi) is 6.86. The summed E-state index contributed by atoms with van der Waals surface area (Å²) < 4.78 is 30.0. The second-order valence-corrected chi connectivity index (χ2v) is 4.34. The molecule has 0 saturated heterocycles. The van der Waals surface area contributed by atoms with E-state index in [0.29, 0.717) is 12.5 Å². The Morgan fingerprint density at radius 3 is 2.62 bits per heavy atom. The van der Waals surface area contributed by atoms with Crippen LogP contribution in [-0.2, 0) is 6.54 Å². The van der Waals surface area contributed by atoms with Crippen molar-refractivity contribution in [3.8, 4) is 0 Å². The zero-order valence-corrected chi connectivity index (χ0v) is 14.2. The minimum Gasteiger partial charge on any atom is -0.459 e. The van der Waals surface area contributed by atoms with Crippen molar-refractivity contribution >= 4 is 40.9 Å². The van der Waals surface area contributed by atoms with E-state index >= 15 is 0 Å². The number of furan rings is 1. The normalized spacial score (nSPS) is 11.6. The zero-order chi connectivity index (χ0) is 14.5. The van der Waals surface area contributed by atoms with Crippen molar-refractivity contribution in [2.75, 3.05) is 13.6 Å². The molecule has 0 aliphatic rings. The summed E-state index contributed by atoms with van der Waals surface area (Å²) in [5.74, 6) is 1.09. The molecular formula is C14H18F2IN3O. The number of halogens is 3. The van der Waals surface area contributed by atoms with Gasteiger partial charge in [-0.3, -0.25) is 4.99 Å². The molecule has 0 aliphatic carbocycles. The lowest BCUT2D eigenvalue weighted by Gasteiger charge is -2.10. The molecule has 0 atom stereocenters. The molecule has 0 radical (unpaired) electrons. The van der Waals surface area contributed by atoms with Gasteiger partial charge in [-0.2, -0.15) is 0 Å². The number of fused-ring (bicyclic) bond motifs is 1. The SMILES string of the molecule is CN=C(NCc1oc2ccccc2c1C)NCC(F)F.I. The Morgan fingerprint density at radius 1 is 1.29 bits per heavy atom. The number of aliphatic imine (C=N–C) groups is 1. The van der Waals surface area contributed by atoms with Gasteiger partial charge >= 0.3 is 0 Å². The molecule has 116 valence electrons. The molecule has 1 aromatic carbocycles. The van der Waals surface area contributed by atoms with Crippen molar-refractivity contribution in [1.29, 1.82) is 0 Å². The van der Waals surface area contributed by atoms with E-state index in [1.807, 2.05) is 31.2 Å². The summed E-state index contributed by atoms with van der Waals surface area (Å²) in [5, 5.41) is 6.55. The quantitative estimate of drug-likeness (QED) is 0.463. The van der Waals surface area contributed by atoms with E-state index in [-0.39, 0.29) is 24.0 Å². The standard InChI is InChI=1S/C14H17F2N3O.HI/c1-9-10-5-3-4-6-11(10)20-12(9)7-18-14(17-2)19-8-13(15)16;/h3-6,13H,7-8H2,1-2H3,(H2,17,18,19);1H. The van der Waals surface area contributed by atoms with Crippen LogP contribution in [0.15, 0.2) is 33.7 Å². The van der Waals surface area contributed by atoms with Crippen LogP contribution in [0.4, 0.5) is 8.78 Å². The molecule has 0 bridgehead atoms. The molecular weight excluding hydrogens is 391 g/mol. The molecule has 4 nitrogen and oxygen atoms in total. The summed E-state index contributed by atoms with van der Waals surface area (Å²) in [7, 11) is 1.53. The van der Waals surface area contributed by atoms with Gasteiger partial charge in [0.15, 0.2) is 5.96 Å². The van der Waals surface area contributed by atoms with E-state index in [4.69, 9.17) is 4.42 Å². The minimum absolute atomic E-state index is 0. The first kappa shape index (κ1) is 17.7. The smallest absolute Gasteiger partial charge is 0.255 e. The van der Waals surface area contributed by atoms with E-state index in [0.717, 1.165) is 22.3 Å². The van der Waals surface area contributed by atoms with Gasteiger partial charge in [0.2, 0.25) is 0 Å². The van der Waals surface area contributed by atoms with Gasteiger partial charge in [-0.15, -0.1) is 24.0 Å². The first-order valence-corrected chi connectivity index (χ1v) is 6.31. The van der Waals surface area contributed by atoms with Gasteiger partial charge in [-0.05, 0) is 13.0 Å². The van der Waals surface area contributed by atoms with Crippen LogP contribution in [-0.4, -0.2) is 26.0 Å². The Labute approximate surface area is 139 Å². The topological polar surface area (TPSA) is 49.6 Å². The first-order valence-electron chi connectivity index (χ1n) is 6.31. The number of guanidine groups is 1. The summed E-state index contributed by atoms with van der Waals surface area (Å²) in [4.78, 5) is 3.88. The number of benzene rings is 1. The van der Waals surface area contributed by atoms with E-state index < -0.39 is 13.0 Å². The maximum Gasteiger partial charge on any atom is 0.255 e. The van der Waals surface area contributed by atoms with Crippen LogP contribution in [0, 0.1) is 6.92 Å². The fourth-order valence-corrected chi connectivity index (χ4v) is 1.95. The van der Waals surface area contributed by atoms with Crippen LogP contribution in [0.1, 0.15) is 11.3 Å². The molecule has 2 N–H and O–H groups in total. The lowest BCUT2D eigenvalue weighted by molar-refractivity contribution is 0.152. The predicted octanol–water partition coefficient (Wildman–Crippen LogP) is 3.29. The largest absolute Gasteiger partial charge is 0.459 e. The molecule has 7 heteroatoms. The van der Waals surface area contributed by atoms with Crippen LogP contribution < -0.4 is 10.6 Å². The Bertz CT molecular complexity index is 613. The molecule has 2 rings (SSSR count). The minimum atomic E-state index is -2.42. The van der Waals surface area contributed by atoms with Crippen LogP contribution in [0.5, 0.6) is 0 Å². The summed E-state index contributed by atoms with van der Waals surface area (Å²) in [5.41, 5.74) is 1.86. The van der Waals surface area contributed by atoms with Gasteiger partial charge in [0.1, 0.15) is 11.3 Å². The third-order valence-electron chi connectivity index (χ3n) is 3.01. The average Bonchev–Trinajstić information content (AvgIpc) is 2.76. The average molecular weight is 409 g/mol. The number of rotatable bonds is 4. The Hall–Kier alpha value is -1.38. The van der Waals surface area contributed by atoms with Gasteiger partial charge in [-0.25, -0.2) is 8.78 Å². The molecule has 0 saturated carbocycles. The molecule has 1 aromatic heterocycles. The Balaban J connectivity index is 0.00000220. The molecule has 1 heterocycles. The third kappa shape index (κ3) is 4.55. The summed E-state index contributed by atoms with van der Waals surface area (Å²) in [6.07, 6.45) is -2.42. The molecule has 0 unspecified atom stereocenters. The van der Waals surface area contributed by atoms with Crippen molar-refractivity contribution in [2.24, 2.45) is 4.99 Å². The van der Waals surface area contributed by atoms with Gasteiger partial charge in [0, 0.05) is 18.0 Å². The molecule has 0 spiro atoms. The fraction of sp³-hybridized carbons (Fsp3) is 0.357. The van der Waals surface area contributed by atoms with Gasteiger partial charge in [-0.1, -0.05) is 18.2 Å². The van der Waals surface area contributed by atoms with Crippen LogP contribution >= 0.6 is 24.0 Å². The van der Waals surface area contributed by atoms with Gasteiger partial charge < -0.3 is 15.1 Å². The molecule has 21 heavy (non-hydrogen) atoms. The lowest BCUT2D eigenvalue weighted by Crippen LogP contribution is -2.39. The number of aryl methyl sites for hydroxylation is 1. The Morgan fingerprint density at radius 2 is 2.00 bits per heavy atom. The van der Waals surface area contributed by atoms with Crippen molar-refractivity contribution in [3.05, 3.63) is 35.6 Å². The lowest BCUT2D eigenvalue weighted by atomic mass is 10.1. The van der Waals surface area contributed by atoms with Crippen molar-refractivity contribution in [2.45, 2.75) is 19.9 Å². The van der Waals surface area contributed by atoms with Gasteiger partial charge in [0.25, 0.3) is 6.43 Å². The number of nitrogens with zero attached hydrogens (tertiary/aromatic N) is 1. The molecule has 0 aliphatic heterocycles. The van der Waals surface area contributed by atoms with E-state index in [9.17, 15) is 8.78 Å². The van der Waals surface area contributed by atoms with Crippen molar-refractivity contribution < 1.29 is 13.2 Å². The monoisotopic (exact) mass is 409 g/mol. The van der Waals surface area contributed by atoms with Crippen LogP contribution in [0.3, 0.4) is 0 Å². The first-order chi connectivity index (χ1) is 9.61. The number of hydrogen-bond acceptors (Lipinski definition) is 2. The fourth-order valence-electron chi connectivity index (χ4n) is 1.95. The maximum atomic E-state index is 12.1. The third-order valence-corrected chi connectivity index (χ3v) is 3.01.